The molecule has 1 heterocycles. The number of aryl methyl sites for hydroxylation is 3. The van der Waals surface area contributed by atoms with E-state index < -0.39 is 0 Å². The number of carbonyl (C=O) groups excluding carboxylic acids is 1. The second kappa shape index (κ2) is 8.49. The molecular formula is C24H20ClN3O2S. The topological polar surface area (TPSA) is 67.2 Å². The number of hydrogen-bond acceptors (Lipinski definition) is 4. The first-order valence-electron chi connectivity index (χ1n) is 9.67. The Bertz CT molecular complexity index is 1310. The van der Waals surface area contributed by atoms with Crippen LogP contribution in [-0.2, 0) is 0 Å². The number of aromatic nitrogens is 1. The number of thiocarbonyl (C=S) groups is 1. The molecule has 156 valence electrons. The maximum atomic E-state index is 12.4. The highest BCUT2D eigenvalue weighted by Gasteiger charge is 2.13. The lowest BCUT2D eigenvalue weighted by molar-refractivity contribution is 0.0977. The summed E-state index contributed by atoms with van der Waals surface area (Å²) in [6.07, 6.45) is 0. The summed E-state index contributed by atoms with van der Waals surface area (Å²) in [5, 5.41) is 6.54. The van der Waals surface area contributed by atoms with Gasteiger partial charge in [0.2, 0.25) is 5.89 Å². The Morgan fingerprint density at radius 2 is 1.74 bits per heavy atom. The van der Waals surface area contributed by atoms with E-state index in [0.29, 0.717) is 16.5 Å². The number of nitrogens with zero attached hydrogens (tertiary/aromatic N) is 1. The smallest absolute Gasteiger partial charge is 0.257 e. The van der Waals surface area contributed by atoms with Gasteiger partial charge in [-0.15, -0.1) is 0 Å². The molecule has 1 aromatic heterocycles. The molecule has 5 nitrogen and oxygen atoms in total. The third-order valence-electron chi connectivity index (χ3n) is 4.89. The van der Waals surface area contributed by atoms with Gasteiger partial charge in [0, 0.05) is 21.8 Å². The van der Waals surface area contributed by atoms with Gasteiger partial charge in [-0.2, -0.15) is 0 Å². The molecule has 7 heteroatoms. The largest absolute Gasteiger partial charge is 0.436 e. The van der Waals surface area contributed by atoms with Gasteiger partial charge in [-0.3, -0.25) is 10.1 Å². The predicted molar refractivity (Wildman–Crippen MR) is 129 cm³/mol. The lowest BCUT2D eigenvalue weighted by Crippen LogP contribution is -2.34. The molecule has 3 aromatic carbocycles. The molecule has 0 saturated heterocycles. The summed E-state index contributed by atoms with van der Waals surface area (Å²) in [7, 11) is 0. The Balaban J connectivity index is 1.55. The summed E-state index contributed by atoms with van der Waals surface area (Å²) in [4.78, 5) is 17.0. The van der Waals surface area contributed by atoms with Crippen LogP contribution in [0.25, 0.3) is 22.6 Å². The number of nitrogens with one attached hydrogen (secondary N) is 2. The molecule has 4 aromatic rings. The van der Waals surface area contributed by atoms with Crippen LogP contribution in [-0.4, -0.2) is 16.0 Å². The molecule has 31 heavy (non-hydrogen) atoms. The van der Waals surface area contributed by atoms with E-state index in [1.807, 2.05) is 45.0 Å². The van der Waals surface area contributed by atoms with Crippen LogP contribution in [0, 0.1) is 20.8 Å². The number of fused-ring (bicyclic) bond motifs is 1. The third-order valence-corrected chi connectivity index (χ3v) is 5.34. The fourth-order valence-corrected chi connectivity index (χ4v) is 3.65. The highest BCUT2D eigenvalue weighted by molar-refractivity contribution is 7.80. The van der Waals surface area contributed by atoms with Crippen molar-refractivity contribution in [1.29, 1.82) is 0 Å². The van der Waals surface area contributed by atoms with Crippen molar-refractivity contribution < 1.29 is 9.21 Å². The van der Waals surface area contributed by atoms with E-state index in [1.54, 1.807) is 24.3 Å². The van der Waals surface area contributed by atoms with Crippen LogP contribution in [0.15, 0.2) is 59.0 Å². The van der Waals surface area contributed by atoms with Crippen LogP contribution < -0.4 is 10.6 Å². The molecule has 2 N–H and O–H groups in total. The van der Waals surface area contributed by atoms with Gasteiger partial charge in [0.05, 0.1) is 0 Å². The van der Waals surface area contributed by atoms with Gasteiger partial charge >= 0.3 is 0 Å². The van der Waals surface area contributed by atoms with Crippen LogP contribution in [0.3, 0.4) is 0 Å². The van der Waals surface area contributed by atoms with Gasteiger partial charge in [0.15, 0.2) is 10.7 Å². The van der Waals surface area contributed by atoms with Gasteiger partial charge in [-0.25, -0.2) is 4.98 Å². The Kier molecular flexibility index (Phi) is 5.76. The molecular weight excluding hydrogens is 430 g/mol. The molecule has 0 aliphatic rings. The van der Waals surface area contributed by atoms with Crippen molar-refractivity contribution in [3.05, 3.63) is 81.9 Å². The minimum absolute atomic E-state index is 0.198. The highest BCUT2D eigenvalue weighted by Crippen LogP contribution is 2.30. The Morgan fingerprint density at radius 3 is 2.48 bits per heavy atom. The third kappa shape index (κ3) is 4.60. The van der Waals surface area contributed by atoms with E-state index in [9.17, 15) is 4.79 Å². The van der Waals surface area contributed by atoms with Crippen molar-refractivity contribution in [3.8, 4) is 11.5 Å². The van der Waals surface area contributed by atoms with E-state index in [-0.39, 0.29) is 11.0 Å². The summed E-state index contributed by atoms with van der Waals surface area (Å²) in [6.45, 7) is 6.00. The molecule has 0 fully saturated rings. The summed E-state index contributed by atoms with van der Waals surface area (Å²) >= 11 is 11.2. The first kappa shape index (κ1) is 21.0. The van der Waals surface area contributed by atoms with Crippen molar-refractivity contribution in [3.63, 3.8) is 0 Å². The van der Waals surface area contributed by atoms with Gasteiger partial charge < -0.3 is 9.73 Å². The van der Waals surface area contributed by atoms with Gasteiger partial charge in [0.25, 0.3) is 5.91 Å². The normalized spacial score (nSPS) is 10.8. The fraction of sp³-hybridized carbons (Fsp3) is 0.125. The zero-order chi connectivity index (χ0) is 22.1. The Labute approximate surface area is 190 Å². The number of hydrogen-bond donors (Lipinski definition) is 2. The van der Waals surface area contributed by atoms with E-state index in [2.05, 4.69) is 21.7 Å². The molecule has 4 rings (SSSR count). The lowest BCUT2D eigenvalue weighted by atomic mass is 10.1. The van der Waals surface area contributed by atoms with Gasteiger partial charge in [0.1, 0.15) is 5.52 Å². The van der Waals surface area contributed by atoms with Crippen molar-refractivity contribution in [2.24, 2.45) is 0 Å². The summed E-state index contributed by atoms with van der Waals surface area (Å²) in [5.41, 5.74) is 6.80. The number of carbonyl (C=O) groups is 1. The lowest BCUT2D eigenvalue weighted by Gasteiger charge is -2.12. The van der Waals surface area contributed by atoms with Crippen molar-refractivity contribution >= 4 is 51.6 Å². The minimum atomic E-state index is -0.312. The molecule has 0 aliphatic heterocycles. The highest BCUT2D eigenvalue weighted by atomic mass is 35.5. The average molecular weight is 450 g/mol. The number of benzene rings is 3. The maximum Gasteiger partial charge on any atom is 0.257 e. The average Bonchev–Trinajstić information content (AvgIpc) is 3.14. The molecule has 0 aliphatic carbocycles. The second-order valence-corrected chi connectivity index (χ2v) is 8.24. The van der Waals surface area contributed by atoms with Gasteiger partial charge in [-0.05, 0) is 92.1 Å². The summed E-state index contributed by atoms with van der Waals surface area (Å²) < 4.78 is 6.02. The van der Waals surface area contributed by atoms with E-state index in [1.165, 1.54) is 0 Å². The number of halogens is 1. The minimum Gasteiger partial charge on any atom is -0.436 e. The van der Waals surface area contributed by atoms with Crippen LogP contribution in [0.2, 0.25) is 5.02 Å². The van der Waals surface area contributed by atoms with E-state index in [4.69, 9.17) is 28.2 Å². The number of rotatable bonds is 3. The fourth-order valence-electron chi connectivity index (χ4n) is 3.32. The zero-order valence-corrected chi connectivity index (χ0v) is 18.8. The Hall–Kier alpha value is -3.22. The monoisotopic (exact) mass is 449 g/mol. The first-order chi connectivity index (χ1) is 14.8. The van der Waals surface area contributed by atoms with Crippen molar-refractivity contribution in [1.82, 2.24) is 10.3 Å². The van der Waals surface area contributed by atoms with Crippen LogP contribution in [0.1, 0.15) is 27.0 Å². The van der Waals surface area contributed by atoms with E-state index >= 15 is 0 Å². The van der Waals surface area contributed by atoms with Crippen molar-refractivity contribution in [2.75, 3.05) is 5.32 Å². The molecule has 1 amide bonds. The molecule has 0 unspecified atom stereocenters. The number of amides is 1. The van der Waals surface area contributed by atoms with E-state index in [0.717, 1.165) is 39.0 Å². The van der Waals surface area contributed by atoms with Gasteiger partial charge in [-0.1, -0.05) is 23.7 Å². The Morgan fingerprint density at radius 1 is 1.00 bits per heavy atom. The molecule has 0 radical (unpaired) electrons. The summed E-state index contributed by atoms with van der Waals surface area (Å²) in [5.74, 6) is 0.218. The molecule has 0 saturated carbocycles. The molecule has 0 atom stereocenters. The standard InChI is InChI=1S/C24H20ClN3O2S/c1-13-10-15(3)21-20(11-13)26-23(30-21)17-5-4-14(2)19(12-17)27-24(31)28-22(29)16-6-8-18(25)9-7-16/h4-12H,1-3H3,(H2,27,28,29,31). The maximum absolute atomic E-state index is 12.4. The predicted octanol–water partition coefficient (Wildman–Crippen LogP) is 6.20. The van der Waals surface area contributed by atoms with Crippen LogP contribution in [0.4, 0.5) is 5.69 Å². The number of anilines is 1. The molecule has 0 spiro atoms. The van der Waals surface area contributed by atoms with Crippen LogP contribution >= 0.6 is 23.8 Å². The summed E-state index contributed by atoms with van der Waals surface area (Å²) in [6, 6.07) is 16.5. The first-order valence-corrected chi connectivity index (χ1v) is 10.5. The molecule has 0 bridgehead atoms. The number of oxazole rings is 1. The zero-order valence-electron chi connectivity index (χ0n) is 17.2. The SMILES string of the molecule is Cc1cc(C)c2oc(-c3ccc(C)c(NC(=S)NC(=O)c4ccc(Cl)cc4)c3)nc2c1. The second-order valence-electron chi connectivity index (χ2n) is 7.39. The van der Waals surface area contributed by atoms with Crippen LogP contribution in [0.5, 0.6) is 0 Å². The quantitative estimate of drug-likeness (QED) is 0.364. The van der Waals surface area contributed by atoms with Crippen molar-refractivity contribution in [2.45, 2.75) is 20.8 Å².